The second-order valence-corrected chi connectivity index (χ2v) is 3.76. The van der Waals surface area contributed by atoms with Crippen LogP contribution in [0.1, 0.15) is 6.42 Å². The highest BCUT2D eigenvalue weighted by Crippen LogP contribution is 2.26. The van der Waals surface area contributed by atoms with Crippen molar-refractivity contribution in [2.24, 2.45) is 5.92 Å². The Bertz CT molecular complexity index is 320. The van der Waals surface area contributed by atoms with E-state index in [-0.39, 0.29) is 5.92 Å². The van der Waals surface area contributed by atoms with Gasteiger partial charge in [-0.25, -0.2) is 0 Å². The minimum Gasteiger partial charge on any atom is -0.513 e. The lowest BCUT2D eigenvalue weighted by atomic mass is 10.1. The van der Waals surface area contributed by atoms with Crippen molar-refractivity contribution >= 4 is 5.69 Å². The number of rotatable bonds is 2. The third-order valence-corrected chi connectivity index (χ3v) is 2.78. The van der Waals surface area contributed by atoms with Crippen molar-refractivity contribution in [3.8, 4) is 0 Å². The number of nitrogens with zero attached hydrogens (tertiary/aromatic N) is 1. The zero-order valence-electron chi connectivity index (χ0n) is 8.19. The van der Waals surface area contributed by atoms with Crippen molar-refractivity contribution in [1.29, 1.82) is 0 Å². The summed E-state index contributed by atoms with van der Waals surface area (Å²) in [7, 11) is 0. The van der Waals surface area contributed by atoms with Gasteiger partial charge in [0.1, 0.15) is 0 Å². The molecule has 0 amide bonds. The number of aliphatic hydroxyl groups is 1. The van der Waals surface area contributed by atoms with Crippen molar-refractivity contribution < 1.29 is 5.11 Å². The van der Waals surface area contributed by atoms with Crippen LogP contribution in [0.25, 0.3) is 0 Å². The van der Waals surface area contributed by atoms with E-state index in [4.69, 9.17) is 0 Å². The Hall–Kier alpha value is -1.44. The Balaban J connectivity index is 2.06. The smallest absolute Gasteiger partial charge is 0.0900 e. The van der Waals surface area contributed by atoms with Crippen molar-refractivity contribution in [2.45, 2.75) is 6.42 Å². The Morgan fingerprint density at radius 1 is 1.36 bits per heavy atom. The summed E-state index contributed by atoms with van der Waals surface area (Å²) in [6.45, 7) is 5.49. The normalized spacial score (nSPS) is 21.1. The first kappa shape index (κ1) is 9.13. The van der Waals surface area contributed by atoms with Crippen LogP contribution in [0.3, 0.4) is 0 Å². The van der Waals surface area contributed by atoms with Gasteiger partial charge in [0.25, 0.3) is 0 Å². The van der Waals surface area contributed by atoms with Gasteiger partial charge in [0, 0.05) is 24.7 Å². The van der Waals surface area contributed by atoms with E-state index >= 15 is 0 Å². The van der Waals surface area contributed by atoms with Gasteiger partial charge >= 0.3 is 0 Å². The molecule has 2 rings (SSSR count). The molecule has 1 saturated heterocycles. The summed E-state index contributed by atoms with van der Waals surface area (Å²) < 4.78 is 0. The molecule has 0 radical (unpaired) electrons. The molecule has 14 heavy (non-hydrogen) atoms. The van der Waals surface area contributed by atoms with Crippen LogP contribution in [0.4, 0.5) is 5.69 Å². The third kappa shape index (κ3) is 1.74. The molecule has 0 aromatic heterocycles. The second-order valence-electron chi connectivity index (χ2n) is 3.76. The molecule has 1 aliphatic heterocycles. The first-order chi connectivity index (χ1) is 6.77. The number of aliphatic hydroxyl groups excluding tert-OH is 1. The van der Waals surface area contributed by atoms with E-state index in [1.165, 1.54) is 5.69 Å². The molecule has 0 aliphatic carbocycles. The SMILES string of the molecule is C=C(O)[C@@H]1CCN(c2ccccc2)C1. The molecular weight excluding hydrogens is 174 g/mol. The molecule has 1 aliphatic rings. The zero-order valence-corrected chi connectivity index (χ0v) is 8.19. The maximum absolute atomic E-state index is 9.30. The maximum atomic E-state index is 9.30. The average Bonchev–Trinajstić information content (AvgIpc) is 2.68. The monoisotopic (exact) mass is 189 g/mol. The standard InChI is InChI=1S/C12H15NO/c1-10(14)11-7-8-13(9-11)12-5-3-2-4-6-12/h2-6,11,14H,1,7-9H2/t11-/m1/s1. The first-order valence-corrected chi connectivity index (χ1v) is 4.95. The second kappa shape index (κ2) is 3.74. The summed E-state index contributed by atoms with van der Waals surface area (Å²) in [4.78, 5) is 2.28. The summed E-state index contributed by atoms with van der Waals surface area (Å²) in [6.07, 6.45) is 1.00. The predicted octanol–water partition coefficient (Wildman–Crippen LogP) is 2.58. The largest absolute Gasteiger partial charge is 0.513 e. The molecule has 0 spiro atoms. The van der Waals surface area contributed by atoms with Crippen molar-refractivity contribution in [3.05, 3.63) is 42.7 Å². The molecule has 1 aromatic carbocycles. The molecular formula is C12H15NO. The zero-order chi connectivity index (χ0) is 9.97. The summed E-state index contributed by atoms with van der Waals surface area (Å²) >= 11 is 0. The lowest BCUT2D eigenvalue weighted by molar-refractivity contribution is 0.344. The number of hydrogen-bond donors (Lipinski definition) is 1. The van der Waals surface area contributed by atoms with Gasteiger partial charge in [-0.05, 0) is 18.6 Å². The Morgan fingerprint density at radius 2 is 2.07 bits per heavy atom. The fourth-order valence-electron chi connectivity index (χ4n) is 1.91. The van der Waals surface area contributed by atoms with E-state index in [2.05, 4.69) is 23.6 Å². The van der Waals surface area contributed by atoms with E-state index < -0.39 is 0 Å². The van der Waals surface area contributed by atoms with Gasteiger partial charge in [0.05, 0.1) is 5.76 Å². The van der Waals surface area contributed by atoms with Crippen molar-refractivity contribution in [2.75, 3.05) is 18.0 Å². The molecule has 74 valence electrons. The van der Waals surface area contributed by atoms with Gasteiger partial charge in [0.2, 0.25) is 0 Å². The molecule has 1 heterocycles. The summed E-state index contributed by atoms with van der Waals surface area (Å²) in [5, 5.41) is 9.30. The number of hydrogen-bond acceptors (Lipinski definition) is 2. The molecule has 1 atom stereocenters. The quantitative estimate of drug-likeness (QED) is 0.723. The molecule has 0 unspecified atom stereocenters. The Morgan fingerprint density at radius 3 is 2.64 bits per heavy atom. The minimum atomic E-state index is 0.246. The van der Waals surface area contributed by atoms with Crippen LogP contribution in [0.5, 0.6) is 0 Å². The summed E-state index contributed by atoms with van der Waals surface area (Å²) in [5.41, 5.74) is 1.23. The summed E-state index contributed by atoms with van der Waals surface area (Å²) in [5.74, 6) is 0.568. The molecule has 0 saturated carbocycles. The fraction of sp³-hybridized carbons (Fsp3) is 0.333. The van der Waals surface area contributed by atoms with Crippen LogP contribution in [-0.4, -0.2) is 18.2 Å². The highest BCUT2D eigenvalue weighted by atomic mass is 16.3. The van der Waals surface area contributed by atoms with Crippen molar-refractivity contribution in [3.63, 3.8) is 0 Å². The van der Waals surface area contributed by atoms with Crippen LogP contribution in [0, 0.1) is 5.92 Å². The van der Waals surface area contributed by atoms with E-state index in [9.17, 15) is 5.11 Å². The van der Waals surface area contributed by atoms with Crippen LogP contribution in [0.2, 0.25) is 0 Å². The number of benzene rings is 1. The lowest BCUT2D eigenvalue weighted by Gasteiger charge is -2.18. The van der Waals surface area contributed by atoms with Crippen LogP contribution in [0.15, 0.2) is 42.7 Å². The van der Waals surface area contributed by atoms with Crippen LogP contribution >= 0.6 is 0 Å². The Kier molecular flexibility index (Phi) is 2.44. The molecule has 0 bridgehead atoms. The molecule has 2 heteroatoms. The highest BCUT2D eigenvalue weighted by Gasteiger charge is 2.24. The van der Waals surface area contributed by atoms with E-state index in [0.29, 0.717) is 5.76 Å². The topological polar surface area (TPSA) is 23.5 Å². The minimum absolute atomic E-state index is 0.246. The van der Waals surface area contributed by atoms with E-state index in [1.807, 2.05) is 18.2 Å². The van der Waals surface area contributed by atoms with E-state index in [1.54, 1.807) is 0 Å². The number of anilines is 1. The van der Waals surface area contributed by atoms with Crippen molar-refractivity contribution in [1.82, 2.24) is 0 Å². The first-order valence-electron chi connectivity index (χ1n) is 4.95. The van der Waals surface area contributed by atoms with Gasteiger partial charge in [-0.1, -0.05) is 24.8 Å². The van der Waals surface area contributed by atoms with Crippen LogP contribution in [-0.2, 0) is 0 Å². The van der Waals surface area contributed by atoms with Gasteiger partial charge in [-0.15, -0.1) is 0 Å². The molecule has 1 aromatic rings. The lowest BCUT2D eigenvalue weighted by Crippen LogP contribution is -2.19. The van der Waals surface area contributed by atoms with Gasteiger partial charge in [0.15, 0.2) is 0 Å². The fourth-order valence-corrected chi connectivity index (χ4v) is 1.91. The molecule has 1 N–H and O–H groups in total. The van der Waals surface area contributed by atoms with Gasteiger partial charge in [-0.3, -0.25) is 0 Å². The van der Waals surface area contributed by atoms with Crippen LogP contribution < -0.4 is 4.90 Å². The predicted molar refractivity (Wildman–Crippen MR) is 58.5 cm³/mol. The van der Waals surface area contributed by atoms with Gasteiger partial charge < -0.3 is 10.0 Å². The maximum Gasteiger partial charge on any atom is 0.0900 e. The molecule has 2 nitrogen and oxygen atoms in total. The molecule has 1 fully saturated rings. The average molecular weight is 189 g/mol. The number of para-hydroxylation sites is 1. The van der Waals surface area contributed by atoms with Gasteiger partial charge in [-0.2, -0.15) is 0 Å². The third-order valence-electron chi connectivity index (χ3n) is 2.78. The van der Waals surface area contributed by atoms with E-state index in [0.717, 1.165) is 19.5 Å². The highest BCUT2D eigenvalue weighted by molar-refractivity contribution is 5.47. The summed E-state index contributed by atoms with van der Waals surface area (Å²) in [6, 6.07) is 10.3. The Labute approximate surface area is 84.5 Å².